The third-order valence-electron chi connectivity index (χ3n) is 6.00. The molecule has 40 heavy (non-hydrogen) atoms. The van der Waals surface area contributed by atoms with Gasteiger partial charge in [0.2, 0.25) is 10.6 Å². The number of H-pyrrole nitrogens is 1. The number of amides is 1. The number of carbonyl (C=O) groups excluding carboxylic acids is 1. The Morgan fingerprint density at radius 1 is 0.950 bits per heavy atom. The van der Waals surface area contributed by atoms with Crippen molar-refractivity contribution in [3.8, 4) is 22.5 Å². The zero-order valence-corrected chi connectivity index (χ0v) is 21.8. The molecule has 1 amide bonds. The third-order valence-corrected chi connectivity index (χ3v) is 7.09. The quantitative estimate of drug-likeness (QED) is 0.258. The number of aromatic nitrogens is 6. The lowest BCUT2D eigenvalue weighted by molar-refractivity contribution is 0.0679. The van der Waals surface area contributed by atoms with Crippen LogP contribution in [0.25, 0.3) is 22.5 Å². The van der Waals surface area contributed by atoms with Crippen molar-refractivity contribution in [2.45, 2.75) is 19.9 Å². The molecule has 0 spiro atoms. The molecule has 0 bridgehead atoms. The summed E-state index contributed by atoms with van der Waals surface area (Å²) in [5.41, 5.74) is 2.75. The minimum Gasteiger partial charge on any atom is -0.478 e. The molecule has 0 aliphatic rings. The highest BCUT2D eigenvalue weighted by molar-refractivity contribution is 7.08. The number of benzene rings is 3. The Balaban J connectivity index is 1.47. The van der Waals surface area contributed by atoms with Gasteiger partial charge in [-0.1, -0.05) is 66.8 Å². The second kappa shape index (κ2) is 11.2. The smallest absolute Gasteiger partial charge is 0.336 e. The highest BCUT2D eigenvalue weighted by Crippen LogP contribution is 2.29. The molecule has 3 aromatic carbocycles. The van der Waals surface area contributed by atoms with Gasteiger partial charge in [-0.05, 0) is 46.5 Å². The zero-order valence-electron chi connectivity index (χ0n) is 21.0. The zero-order chi connectivity index (χ0) is 28.2. The van der Waals surface area contributed by atoms with Crippen LogP contribution in [-0.2, 0) is 13.0 Å². The molecule has 0 saturated heterocycles. The van der Waals surface area contributed by atoms with Gasteiger partial charge in [0, 0.05) is 5.56 Å². The van der Waals surface area contributed by atoms with Crippen molar-refractivity contribution in [1.82, 2.24) is 30.4 Å². The van der Waals surface area contributed by atoms with E-state index in [0.717, 1.165) is 45.5 Å². The SMILES string of the molecule is CCc1nn(Cc2ccc(-c3ccccc3-c3nn[nH]n3)cc2)c(=NC(=O)c2cc(C(=O)O)ccc2C(=O)O)s1. The molecule has 5 aromatic rings. The molecular formula is C27H21N7O5S. The van der Waals surface area contributed by atoms with Crippen LogP contribution in [0.4, 0.5) is 0 Å². The molecule has 2 heterocycles. The summed E-state index contributed by atoms with van der Waals surface area (Å²) >= 11 is 1.20. The fourth-order valence-electron chi connectivity index (χ4n) is 4.04. The van der Waals surface area contributed by atoms with Crippen LogP contribution in [0.15, 0.2) is 71.7 Å². The van der Waals surface area contributed by atoms with Gasteiger partial charge in [-0.25, -0.2) is 14.3 Å². The fraction of sp³-hybridized carbons (Fsp3) is 0.111. The predicted molar refractivity (Wildman–Crippen MR) is 144 cm³/mol. The largest absolute Gasteiger partial charge is 0.478 e. The summed E-state index contributed by atoms with van der Waals surface area (Å²) in [4.78, 5) is 40.5. The molecule has 200 valence electrons. The lowest BCUT2D eigenvalue weighted by Gasteiger charge is -2.08. The van der Waals surface area contributed by atoms with Gasteiger partial charge >= 0.3 is 11.9 Å². The van der Waals surface area contributed by atoms with E-state index >= 15 is 0 Å². The highest BCUT2D eigenvalue weighted by atomic mass is 32.1. The molecule has 0 atom stereocenters. The lowest BCUT2D eigenvalue weighted by Crippen LogP contribution is -2.20. The van der Waals surface area contributed by atoms with E-state index < -0.39 is 17.8 Å². The molecule has 0 aliphatic carbocycles. The first-order valence-corrected chi connectivity index (χ1v) is 12.8. The van der Waals surface area contributed by atoms with Crippen LogP contribution in [0.1, 0.15) is 48.6 Å². The summed E-state index contributed by atoms with van der Waals surface area (Å²) in [5, 5.41) is 38.4. The first kappa shape index (κ1) is 26.3. The maximum Gasteiger partial charge on any atom is 0.336 e. The summed E-state index contributed by atoms with van der Waals surface area (Å²) in [6, 6.07) is 18.7. The number of hydrogen-bond donors (Lipinski definition) is 3. The number of aromatic amines is 1. The van der Waals surface area contributed by atoms with E-state index in [1.165, 1.54) is 11.3 Å². The minimum atomic E-state index is -1.36. The molecule has 0 radical (unpaired) electrons. The molecule has 13 heteroatoms. The van der Waals surface area contributed by atoms with Gasteiger partial charge in [0.25, 0.3) is 5.91 Å². The van der Waals surface area contributed by atoms with Crippen molar-refractivity contribution >= 4 is 29.2 Å². The molecule has 2 aromatic heterocycles. The number of hydrogen-bond acceptors (Lipinski definition) is 8. The maximum absolute atomic E-state index is 13.1. The number of carboxylic acid groups (broad SMARTS) is 2. The number of nitrogens with zero attached hydrogens (tertiary/aromatic N) is 6. The van der Waals surface area contributed by atoms with E-state index in [1.807, 2.05) is 55.5 Å². The van der Waals surface area contributed by atoms with Crippen molar-refractivity contribution in [3.63, 3.8) is 0 Å². The molecule has 0 aliphatic heterocycles. The van der Waals surface area contributed by atoms with Crippen LogP contribution in [0.5, 0.6) is 0 Å². The summed E-state index contributed by atoms with van der Waals surface area (Å²) < 4.78 is 1.57. The van der Waals surface area contributed by atoms with E-state index in [4.69, 9.17) is 0 Å². The molecule has 12 nitrogen and oxygen atoms in total. The minimum absolute atomic E-state index is 0.212. The molecule has 0 saturated carbocycles. The van der Waals surface area contributed by atoms with Gasteiger partial charge in [0.1, 0.15) is 5.01 Å². The molecule has 0 fully saturated rings. The molecular weight excluding hydrogens is 534 g/mol. The Morgan fingerprint density at radius 3 is 2.35 bits per heavy atom. The predicted octanol–water partition coefficient (Wildman–Crippen LogP) is 3.54. The number of aryl methyl sites for hydroxylation is 1. The van der Waals surface area contributed by atoms with Crippen LogP contribution in [0.3, 0.4) is 0 Å². The fourth-order valence-corrected chi connectivity index (χ4v) is 4.87. The topological polar surface area (TPSA) is 176 Å². The van der Waals surface area contributed by atoms with Gasteiger partial charge in [0.05, 0.1) is 23.2 Å². The first-order chi connectivity index (χ1) is 19.3. The van der Waals surface area contributed by atoms with Crippen LogP contribution in [0, 0.1) is 0 Å². The van der Waals surface area contributed by atoms with E-state index in [1.54, 1.807) is 4.68 Å². The second-order valence-electron chi connectivity index (χ2n) is 8.56. The van der Waals surface area contributed by atoms with Gasteiger partial charge in [-0.2, -0.15) is 15.3 Å². The first-order valence-electron chi connectivity index (χ1n) is 12.0. The van der Waals surface area contributed by atoms with E-state index in [0.29, 0.717) is 18.8 Å². The number of aromatic carboxylic acids is 2. The van der Waals surface area contributed by atoms with E-state index in [-0.39, 0.29) is 21.5 Å². The van der Waals surface area contributed by atoms with Crippen molar-refractivity contribution in [2.75, 3.05) is 0 Å². The summed E-state index contributed by atoms with van der Waals surface area (Å²) in [7, 11) is 0. The monoisotopic (exact) mass is 555 g/mol. The lowest BCUT2D eigenvalue weighted by atomic mass is 9.98. The highest BCUT2D eigenvalue weighted by Gasteiger charge is 2.19. The molecule has 0 unspecified atom stereocenters. The van der Waals surface area contributed by atoms with Gasteiger partial charge in [0.15, 0.2) is 0 Å². The van der Waals surface area contributed by atoms with Crippen molar-refractivity contribution in [1.29, 1.82) is 0 Å². The van der Waals surface area contributed by atoms with Crippen molar-refractivity contribution in [3.05, 3.63) is 98.8 Å². The third kappa shape index (κ3) is 5.44. The number of carboxylic acids is 2. The standard InChI is InChI=1S/C27H21N7O5S/c1-2-22-31-34(27(40-22)28-24(35)21-13-17(25(36)37)11-12-20(21)26(38)39)14-15-7-9-16(10-8-15)18-5-3-4-6-19(18)23-29-32-33-30-23/h3-13H,2,14H2,1H3,(H,36,37)(H,38,39)(H,29,30,32,33). The number of carbonyl (C=O) groups is 3. The van der Waals surface area contributed by atoms with Gasteiger partial charge < -0.3 is 10.2 Å². The Kier molecular flexibility index (Phi) is 7.37. The summed E-state index contributed by atoms with van der Waals surface area (Å²) in [6.07, 6.45) is 0.606. The van der Waals surface area contributed by atoms with Gasteiger partial charge in [-0.3, -0.25) is 4.79 Å². The van der Waals surface area contributed by atoms with Crippen molar-refractivity contribution in [2.24, 2.45) is 4.99 Å². The Labute approximate surface area is 230 Å². The normalized spacial score (nSPS) is 11.5. The maximum atomic E-state index is 13.1. The van der Waals surface area contributed by atoms with Crippen LogP contribution < -0.4 is 4.80 Å². The number of nitrogens with one attached hydrogen (secondary N) is 1. The number of rotatable bonds is 8. The average molecular weight is 556 g/mol. The number of tetrazole rings is 1. The van der Waals surface area contributed by atoms with Crippen LogP contribution >= 0.6 is 11.3 Å². The second-order valence-corrected chi connectivity index (χ2v) is 9.60. The van der Waals surface area contributed by atoms with Crippen molar-refractivity contribution < 1.29 is 24.6 Å². The summed E-state index contributed by atoms with van der Waals surface area (Å²) in [6.45, 7) is 2.22. The van der Waals surface area contributed by atoms with Crippen LogP contribution in [-0.4, -0.2) is 58.5 Å². The van der Waals surface area contributed by atoms with E-state index in [2.05, 4.69) is 30.7 Å². The molecule has 3 N–H and O–H groups in total. The van der Waals surface area contributed by atoms with Crippen LogP contribution in [0.2, 0.25) is 0 Å². The summed E-state index contributed by atoms with van der Waals surface area (Å²) in [5.74, 6) is -3.02. The Morgan fingerprint density at radius 2 is 1.70 bits per heavy atom. The average Bonchev–Trinajstić information content (AvgIpc) is 3.63. The van der Waals surface area contributed by atoms with Gasteiger partial charge in [-0.15, -0.1) is 10.2 Å². The van der Waals surface area contributed by atoms with E-state index in [9.17, 15) is 24.6 Å². The Bertz CT molecular complexity index is 1790. The Hall–Kier alpha value is -5.30. The molecule has 5 rings (SSSR count).